The van der Waals surface area contributed by atoms with E-state index in [0.29, 0.717) is 22.3 Å². The first-order valence-corrected chi connectivity index (χ1v) is 9.01. The number of ether oxygens (including phenoxy) is 1. The fraction of sp³-hybridized carbons (Fsp3) is 0.100. The smallest absolute Gasteiger partial charge is 0.238 e. The highest BCUT2D eigenvalue weighted by atomic mass is 32.1. The zero-order valence-electron chi connectivity index (χ0n) is 15.1. The summed E-state index contributed by atoms with van der Waals surface area (Å²) in [5.41, 5.74) is 0.923. The van der Waals surface area contributed by atoms with Crippen molar-refractivity contribution >= 4 is 39.9 Å². The highest BCUT2D eigenvalue weighted by Crippen LogP contribution is 2.30. The first kappa shape index (κ1) is 19.1. The summed E-state index contributed by atoms with van der Waals surface area (Å²) in [5, 5.41) is 11.4. The number of anilines is 2. The van der Waals surface area contributed by atoms with Gasteiger partial charge in [0.25, 0.3) is 0 Å². The van der Waals surface area contributed by atoms with E-state index in [1.165, 1.54) is 41.6 Å². The van der Waals surface area contributed by atoms with Crippen molar-refractivity contribution in [3.8, 4) is 11.8 Å². The number of aromatic nitrogens is 1. The van der Waals surface area contributed by atoms with Crippen LogP contribution in [0, 0.1) is 11.3 Å². The first-order chi connectivity index (χ1) is 13.5. The lowest BCUT2D eigenvalue weighted by molar-refractivity contribution is -0.115. The highest BCUT2D eigenvalue weighted by molar-refractivity contribution is 7.14. The van der Waals surface area contributed by atoms with Gasteiger partial charge in [-0.25, -0.2) is 4.98 Å². The summed E-state index contributed by atoms with van der Waals surface area (Å²) in [7, 11) is 1.56. The lowest BCUT2D eigenvalue weighted by Crippen LogP contribution is -2.22. The van der Waals surface area contributed by atoms with Crippen LogP contribution in [-0.4, -0.2) is 23.8 Å². The Morgan fingerprint density at radius 3 is 2.61 bits per heavy atom. The molecule has 0 unspecified atom stereocenters. The second-order valence-electron chi connectivity index (χ2n) is 5.58. The van der Waals surface area contributed by atoms with Gasteiger partial charge in [-0.15, -0.1) is 11.3 Å². The van der Waals surface area contributed by atoms with Gasteiger partial charge in [0.05, 0.1) is 24.8 Å². The molecule has 28 heavy (non-hydrogen) atoms. The molecule has 0 bridgehead atoms. The van der Waals surface area contributed by atoms with Crippen molar-refractivity contribution in [2.24, 2.45) is 0 Å². The number of carbonyl (C=O) groups is 2. The lowest BCUT2D eigenvalue weighted by Gasteiger charge is -2.18. The standard InChI is InChI=1S/C20H15N3O4S/c1-13(24)23(16-5-7-17(26-2)8-6-16)20-22-15(12-28-20)10-14(11-21)19(25)18-4-3-9-27-18/h3-10,12H,1-2H3/b14-10+. The maximum absolute atomic E-state index is 12.3. The van der Waals surface area contributed by atoms with Crippen LogP contribution in [-0.2, 0) is 4.79 Å². The van der Waals surface area contributed by atoms with Gasteiger partial charge in [-0.1, -0.05) is 0 Å². The van der Waals surface area contributed by atoms with Gasteiger partial charge in [-0.05, 0) is 42.5 Å². The minimum Gasteiger partial charge on any atom is -0.497 e. The van der Waals surface area contributed by atoms with Crippen LogP contribution in [0.4, 0.5) is 10.8 Å². The quantitative estimate of drug-likeness (QED) is 0.353. The Kier molecular flexibility index (Phi) is 5.67. The average Bonchev–Trinajstić information content (AvgIpc) is 3.38. The molecular weight excluding hydrogens is 378 g/mol. The summed E-state index contributed by atoms with van der Waals surface area (Å²) in [5.74, 6) is -0.000180. The number of ketones is 1. The molecule has 2 aromatic heterocycles. The van der Waals surface area contributed by atoms with Crippen LogP contribution < -0.4 is 9.64 Å². The molecule has 3 aromatic rings. The van der Waals surface area contributed by atoms with E-state index in [1.54, 1.807) is 42.8 Å². The Balaban J connectivity index is 1.91. The van der Waals surface area contributed by atoms with E-state index in [4.69, 9.17) is 9.15 Å². The molecule has 2 heterocycles. The Labute approximate surface area is 165 Å². The van der Waals surface area contributed by atoms with Gasteiger partial charge in [0.2, 0.25) is 11.7 Å². The number of methoxy groups -OCH3 is 1. The molecule has 3 rings (SSSR count). The Hall–Kier alpha value is -3.70. The molecule has 0 aliphatic heterocycles. The van der Waals surface area contributed by atoms with Gasteiger partial charge < -0.3 is 9.15 Å². The molecule has 140 valence electrons. The second-order valence-corrected chi connectivity index (χ2v) is 6.42. The van der Waals surface area contributed by atoms with E-state index in [9.17, 15) is 14.9 Å². The summed E-state index contributed by atoms with van der Waals surface area (Å²) < 4.78 is 10.2. The molecule has 0 saturated heterocycles. The zero-order chi connectivity index (χ0) is 20.1. The van der Waals surface area contributed by atoms with E-state index >= 15 is 0 Å². The SMILES string of the molecule is COc1ccc(N(C(C)=O)c2nc(/C=C(\C#N)C(=O)c3ccco3)cs2)cc1. The van der Waals surface area contributed by atoms with Crippen molar-refractivity contribution in [1.82, 2.24) is 4.98 Å². The number of furan rings is 1. The molecule has 0 radical (unpaired) electrons. The molecule has 8 heteroatoms. The molecular formula is C20H15N3O4S. The Morgan fingerprint density at radius 2 is 2.04 bits per heavy atom. The number of benzene rings is 1. The van der Waals surface area contributed by atoms with Gasteiger partial charge in [-0.2, -0.15) is 5.26 Å². The molecule has 0 saturated carbocycles. The molecule has 1 aromatic carbocycles. The predicted molar refractivity (Wildman–Crippen MR) is 105 cm³/mol. The Morgan fingerprint density at radius 1 is 1.29 bits per heavy atom. The van der Waals surface area contributed by atoms with Crippen LogP contribution in [0.1, 0.15) is 23.2 Å². The maximum Gasteiger partial charge on any atom is 0.238 e. The molecule has 1 amide bonds. The largest absolute Gasteiger partial charge is 0.497 e. The molecule has 0 spiro atoms. The average molecular weight is 393 g/mol. The monoisotopic (exact) mass is 393 g/mol. The number of amides is 1. The van der Waals surface area contributed by atoms with E-state index in [0.717, 1.165) is 0 Å². The summed E-state index contributed by atoms with van der Waals surface area (Å²) in [6, 6.07) is 11.9. The number of nitriles is 1. The fourth-order valence-corrected chi connectivity index (χ4v) is 3.28. The van der Waals surface area contributed by atoms with Crippen molar-refractivity contribution in [3.63, 3.8) is 0 Å². The van der Waals surface area contributed by atoms with Crippen LogP contribution in [0.5, 0.6) is 5.75 Å². The minimum absolute atomic E-state index is 0.0758. The van der Waals surface area contributed by atoms with Crippen molar-refractivity contribution in [2.75, 3.05) is 12.0 Å². The third-order valence-corrected chi connectivity index (χ3v) is 4.59. The normalized spacial score (nSPS) is 11.0. The molecule has 7 nitrogen and oxygen atoms in total. The number of allylic oxidation sites excluding steroid dienone is 1. The van der Waals surface area contributed by atoms with E-state index < -0.39 is 5.78 Å². The van der Waals surface area contributed by atoms with E-state index in [2.05, 4.69) is 4.98 Å². The first-order valence-electron chi connectivity index (χ1n) is 8.13. The molecule has 0 atom stereocenters. The van der Waals surface area contributed by atoms with Crippen LogP contribution in [0.25, 0.3) is 6.08 Å². The van der Waals surface area contributed by atoms with Crippen molar-refractivity contribution in [1.29, 1.82) is 5.26 Å². The summed E-state index contributed by atoms with van der Waals surface area (Å²) in [4.78, 5) is 30.3. The Bertz CT molecular complexity index is 1060. The number of thiazole rings is 1. The number of rotatable bonds is 6. The van der Waals surface area contributed by atoms with Crippen LogP contribution in [0.2, 0.25) is 0 Å². The van der Waals surface area contributed by atoms with Crippen LogP contribution >= 0.6 is 11.3 Å². The molecule has 0 aliphatic rings. The minimum atomic E-state index is -0.527. The van der Waals surface area contributed by atoms with Crippen LogP contribution in [0.3, 0.4) is 0 Å². The van der Waals surface area contributed by atoms with Crippen molar-refractivity contribution in [3.05, 3.63) is 65.1 Å². The zero-order valence-corrected chi connectivity index (χ0v) is 15.9. The fourth-order valence-electron chi connectivity index (χ4n) is 2.44. The van der Waals surface area contributed by atoms with Gasteiger partial charge in [0.1, 0.15) is 17.4 Å². The van der Waals surface area contributed by atoms with Gasteiger partial charge in [-0.3, -0.25) is 14.5 Å². The molecule has 0 N–H and O–H groups in total. The van der Waals surface area contributed by atoms with Crippen LogP contribution in [0.15, 0.2) is 58.0 Å². The summed E-state index contributed by atoms with van der Waals surface area (Å²) in [6.45, 7) is 1.43. The van der Waals surface area contributed by atoms with E-state index in [1.807, 2.05) is 6.07 Å². The molecule has 0 aliphatic carbocycles. The number of hydrogen-bond acceptors (Lipinski definition) is 7. The van der Waals surface area contributed by atoms with Crippen molar-refractivity contribution < 1.29 is 18.7 Å². The van der Waals surface area contributed by atoms with Gasteiger partial charge in [0, 0.05) is 12.3 Å². The van der Waals surface area contributed by atoms with Gasteiger partial charge >= 0.3 is 0 Å². The number of hydrogen-bond donors (Lipinski definition) is 0. The maximum atomic E-state index is 12.3. The summed E-state index contributed by atoms with van der Waals surface area (Å²) in [6.07, 6.45) is 2.74. The molecule has 0 fully saturated rings. The lowest BCUT2D eigenvalue weighted by atomic mass is 10.1. The predicted octanol–water partition coefficient (Wildman–Crippen LogP) is 4.22. The highest BCUT2D eigenvalue weighted by Gasteiger charge is 2.19. The number of Topliss-reactive ketones (excluding diaryl/α,β-unsaturated/α-hetero) is 1. The number of carbonyl (C=O) groups excluding carboxylic acids is 2. The topological polar surface area (TPSA) is 96.4 Å². The third kappa shape index (κ3) is 4.00. The summed E-state index contributed by atoms with van der Waals surface area (Å²) >= 11 is 1.23. The second kappa shape index (κ2) is 8.33. The third-order valence-electron chi connectivity index (χ3n) is 3.75. The van der Waals surface area contributed by atoms with Gasteiger partial charge in [0.15, 0.2) is 10.9 Å². The van der Waals surface area contributed by atoms with E-state index in [-0.39, 0.29) is 17.2 Å². The number of nitrogens with zero attached hydrogens (tertiary/aromatic N) is 3. The van der Waals surface area contributed by atoms with Crippen molar-refractivity contribution in [2.45, 2.75) is 6.92 Å².